The van der Waals surface area contributed by atoms with Crippen LogP contribution in [0.4, 0.5) is 0 Å². The fraction of sp³-hybridized carbons (Fsp3) is 1.00. The maximum atomic E-state index is 12.2. The lowest BCUT2D eigenvalue weighted by Gasteiger charge is -2.37. The summed E-state index contributed by atoms with van der Waals surface area (Å²) in [6.07, 6.45) is 3.83. The van der Waals surface area contributed by atoms with Gasteiger partial charge in [0.2, 0.25) is 0 Å². The van der Waals surface area contributed by atoms with Crippen molar-refractivity contribution >= 4 is 10.2 Å². The highest BCUT2D eigenvalue weighted by Gasteiger charge is 2.35. The molecule has 2 N–H and O–H groups in total. The van der Waals surface area contributed by atoms with E-state index in [1.165, 1.54) is 0 Å². The molecule has 2 fully saturated rings. The summed E-state index contributed by atoms with van der Waals surface area (Å²) in [5.41, 5.74) is -0.0627. The van der Waals surface area contributed by atoms with Gasteiger partial charge >= 0.3 is 0 Å². The minimum atomic E-state index is -3.31. The van der Waals surface area contributed by atoms with Gasteiger partial charge in [0.15, 0.2) is 0 Å². The topological polar surface area (TPSA) is 70.7 Å². The Morgan fingerprint density at radius 3 is 2.47 bits per heavy atom. The molecule has 2 rings (SSSR count). The molecule has 2 aliphatic rings. The van der Waals surface area contributed by atoms with E-state index in [2.05, 4.69) is 10.0 Å². The number of piperidine rings is 1. The average molecular weight is 291 g/mol. The van der Waals surface area contributed by atoms with Crippen molar-refractivity contribution in [1.82, 2.24) is 14.3 Å². The second kappa shape index (κ2) is 6.49. The van der Waals surface area contributed by atoms with Crippen LogP contribution in [-0.4, -0.2) is 59.2 Å². The molecule has 0 amide bonds. The van der Waals surface area contributed by atoms with Gasteiger partial charge in [-0.15, -0.1) is 0 Å². The highest BCUT2D eigenvalue weighted by molar-refractivity contribution is 7.87. The zero-order valence-corrected chi connectivity index (χ0v) is 12.5. The van der Waals surface area contributed by atoms with Crippen molar-refractivity contribution in [3.63, 3.8) is 0 Å². The van der Waals surface area contributed by atoms with Crippen LogP contribution in [0, 0.1) is 5.41 Å². The van der Waals surface area contributed by atoms with Crippen molar-refractivity contribution in [2.45, 2.75) is 25.7 Å². The number of rotatable bonds is 6. The quantitative estimate of drug-likeness (QED) is 0.719. The van der Waals surface area contributed by atoms with Crippen LogP contribution in [0.5, 0.6) is 0 Å². The molecule has 7 heteroatoms. The van der Waals surface area contributed by atoms with Gasteiger partial charge in [-0.05, 0) is 38.8 Å². The molecule has 0 saturated carbocycles. The highest BCUT2D eigenvalue weighted by Crippen LogP contribution is 2.28. The Hall–Kier alpha value is -0.210. The molecule has 2 heterocycles. The lowest BCUT2D eigenvalue weighted by molar-refractivity contribution is 0.0574. The van der Waals surface area contributed by atoms with E-state index in [0.29, 0.717) is 26.2 Å². The van der Waals surface area contributed by atoms with E-state index in [-0.39, 0.29) is 5.41 Å². The molecule has 0 radical (unpaired) electrons. The Morgan fingerprint density at radius 1 is 1.26 bits per heavy atom. The van der Waals surface area contributed by atoms with E-state index < -0.39 is 10.2 Å². The van der Waals surface area contributed by atoms with E-state index in [1.54, 1.807) is 11.4 Å². The zero-order valence-electron chi connectivity index (χ0n) is 11.7. The SMILES string of the molecule is COCC1(CNS(=O)(=O)N2CCCC2)CCNCC1. The maximum absolute atomic E-state index is 12.2. The molecule has 0 atom stereocenters. The largest absolute Gasteiger partial charge is 0.384 e. The molecule has 19 heavy (non-hydrogen) atoms. The first kappa shape index (κ1) is 15.2. The van der Waals surface area contributed by atoms with Gasteiger partial charge in [-0.2, -0.15) is 12.7 Å². The predicted octanol–water partition coefficient (Wildman–Crippen LogP) is -0.0672. The van der Waals surface area contributed by atoms with Crippen molar-refractivity contribution in [1.29, 1.82) is 0 Å². The number of nitrogens with one attached hydrogen (secondary N) is 2. The van der Waals surface area contributed by atoms with E-state index in [4.69, 9.17) is 4.74 Å². The van der Waals surface area contributed by atoms with Crippen LogP contribution in [0.1, 0.15) is 25.7 Å². The lowest BCUT2D eigenvalue weighted by atomic mass is 9.80. The van der Waals surface area contributed by atoms with E-state index in [0.717, 1.165) is 38.8 Å². The molecular weight excluding hydrogens is 266 g/mol. The first-order valence-corrected chi connectivity index (χ1v) is 8.46. The standard InChI is InChI=1S/C12H25N3O3S/c1-18-11-12(4-6-13-7-5-12)10-14-19(16,17)15-8-2-3-9-15/h13-14H,2-11H2,1H3. The first-order valence-electron chi connectivity index (χ1n) is 7.02. The van der Waals surface area contributed by atoms with Crippen LogP contribution >= 0.6 is 0 Å². The van der Waals surface area contributed by atoms with Gasteiger partial charge in [-0.3, -0.25) is 0 Å². The summed E-state index contributed by atoms with van der Waals surface area (Å²) in [5.74, 6) is 0. The molecule has 0 aromatic carbocycles. The molecule has 2 aliphatic heterocycles. The van der Waals surface area contributed by atoms with Crippen LogP contribution in [-0.2, 0) is 14.9 Å². The number of ether oxygens (including phenoxy) is 1. The van der Waals surface area contributed by atoms with Gasteiger partial charge in [0.05, 0.1) is 6.61 Å². The first-order chi connectivity index (χ1) is 9.08. The summed E-state index contributed by atoms with van der Waals surface area (Å²) in [7, 11) is -1.63. The molecule has 0 unspecified atom stereocenters. The molecule has 0 aliphatic carbocycles. The Bertz CT molecular complexity index is 368. The van der Waals surface area contributed by atoms with Crippen LogP contribution in [0.15, 0.2) is 0 Å². The summed E-state index contributed by atoms with van der Waals surface area (Å²) in [6.45, 7) is 4.23. The summed E-state index contributed by atoms with van der Waals surface area (Å²) in [5, 5.41) is 3.31. The third-order valence-corrected chi connectivity index (χ3v) is 5.70. The fourth-order valence-electron chi connectivity index (χ4n) is 2.90. The van der Waals surface area contributed by atoms with E-state index in [9.17, 15) is 8.42 Å². The Kier molecular flexibility index (Phi) is 5.19. The lowest BCUT2D eigenvalue weighted by Crippen LogP contribution is -2.49. The normalized spacial score (nSPS) is 24.7. The predicted molar refractivity (Wildman–Crippen MR) is 74.1 cm³/mol. The molecule has 6 nitrogen and oxygen atoms in total. The van der Waals surface area contributed by atoms with Gasteiger partial charge in [0.25, 0.3) is 10.2 Å². The fourth-order valence-corrected chi connectivity index (χ4v) is 4.31. The molecule has 2 saturated heterocycles. The Morgan fingerprint density at radius 2 is 1.89 bits per heavy atom. The van der Waals surface area contributed by atoms with Gasteiger partial charge < -0.3 is 10.1 Å². The van der Waals surface area contributed by atoms with Crippen LogP contribution in [0.25, 0.3) is 0 Å². The number of methoxy groups -OCH3 is 1. The Balaban J connectivity index is 1.94. The molecule has 0 spiro atoms. The molecule has 0 aromatic heterocycles. The smallest absolute Gasteiger partial charge is 0.279 e. The average Bonchev–Trinajstić information content (AvgIpc) is 2.93. The van der Waals surface area contributed by atoms with Crippen molar-refractivity contribution < 1.29 is 13.2 Å². The molecule has 0 bridgehead atoms. The second-order valence-electron chi connectivity index (χ2n) is 5.62. The van der Waals surface area contributed by atoms with Crippen molar-refractivity contribution in [2.24, 2.45) is 5.41 Å². The third-order valence-electron chi connectivity index (χ3n) is 4.15. The van der Waals surface area contributed by atoms with Gasteiger partial charge in [0, 0.05) is 32.2 Å². The van der Waals surface area contributed by atoms with Gasteiger partial charge in [-0.1, -0.05) is 0 Å². The number of hydrogen-bond acceptors (Lipinski definition) is 4. The van der Waals surface area contributed by atoms with Gasteiger partial charge in [-0.25, -0.2) is 4.72 Å². The molecule has 112 valence electrons. The third kappa shape index (κ3) is 3.88. The maximum Gasteiger partial charge on any atom is 0.279 e. The highest BCUT2D eigenvalue weighted by atomic mass is 32.2. The summed E-state index contributed by atoms with van der Waals surface area (Å²) >= 11 is 0. The molecular formula is C12H25N3O3S. The Labute approximate surface area is 116 Å². The van der Waals surface area contributed by atoms with E-state index >= 15 is 0 Å². The van der Waals surface area contributed by atoms with Crippen molar-refractivity contribution in [3.8, 4) is 0 Å². The monoisotopic (exact) mass is 291 g/mol. The summed E-state index contributed by atoms with van der Waals surface area (Å²) < 4.78 is 34.0. The van der Waals surface area contributed by atoms with E-state index in [1.807, 2.05) is 0 Å². The summed E-state index contributed by atoms with van der Waals surface area (Å²) in [4.78, 5) is 0. The summed E-state index contributed by atoms with van der Waals surface area (Å²) in [6, 6.07) is 0. The molecule has 0 aromatic rings. The second-order valence-corrected chi connectivity index (χ2v) is 7.37. The minimum Gasteiger partial charge on any atom is -0.384 e. The van der Waals surface area contributed by atoms with Crippen LogP contribution in [0.2, 0.25) is 0 Å². The van der Waals surface area contributed by atoms with Crippen LogP contribution < -0.4 is 10.0 Å². The van der Waals surface area contributed by atoms with Crippen molar-refractivity contribution in [2.75, 3.05) is 46.4 Å². The number of hydrogen-bond donors (Lipinski definition) is 2. The minimum absolute atomic E-state index is 0.0627. The zero-order chi connectivity index (χ0) is 13.8. The van der Waals surface area contributed by atoms with Crippen LogP contribution in [0.3, 0.4) is 0 Å². The number of nitrogens with zero attached hydrogens (tertiary/aromatic N) is 1. The van der Waals surface area contributed by atoms with Gasteiger partial charge in [0.1, 0.15) is 0 Å². The van der Waals surface area contributed by atoms with Crippen molar-refractivity contribution in [3.05, 3.63) is 0 Å².